The van der Waals surface area contributed by atoms with Gasteiger partial charge in [-0.1, -0.05) is 44.7 Å². The molecule has 4 atom stereocenters. The van der Waals surface area contributed by atoms with E-state index in [2.05, 4.69) is 24.1 Å². The van der Waals surface area contributed by atoms with Crippen molar-refractivity contribution in [2.45, 2.75) is 95.8 Å². The molecule has 2 aliphatic rings. The minimum atomic E-state index is -1.66. The number of carboxylic acids is 2. The van der Waals surface area contributed by atoms with Gasteiger partial charge in [-0.15, -0.1) is 0 Å². The van der Waals surface area contributed by atoms with Crippen molar-refractivity contribution >= 4 is 35.1 Å². The molecule has 9 heteroatoms. The van der Waals surface area contributed by atoms with Crippen LogP contribution in [0.4, 0.5) is 11.4 Å². The Hall–Kier alpha value is -2.94. The summed E-state index contributed by atoms with van der Waals surface area (Å²) in [6.45, 7) is 4.45. The summed E-state index contributed by atoms with van der Waals surface area (Å²) in [5.41, 5.74) is 0.307. The third-order valence-corrected chi connectivity index (χ3v) is 7.11. The second kappa shape index (κ2) is 11.5. The molecule has 2 bridgehead atoms. The predicted molar refractivity (Wildman–Crippen MR) is 128 cm³/mol. The summed E-state index contributed by atoms with van der Waals surface area (Å²) < 4.78 is 0. The number of carbonyl (C=O) groups excluding carboxylic acids is 2. The molecule has 1 aromatic rings. The van der Waals surface area contributed by atoms with E-state index in [1.165, 1.54) is 30.2 Å². The maximum absolute atomic E-state index is 12.9. The highest BCUT2D eigenvalue weighted by atomic mass is 16.4. The molecule has 186 valence electrons. The molecule has 1 aromatic carbocycles. The number of benzene rings is 1. The van der Waals surface area contributed by atoms with Gasteiger partial charge in [-0.25, -0.2) is 9.59 Å². The number of rotatable bonds is 8. The average Bonchev–Trinajstić information content (AvgIpc) is 2.79. The van der Waals surface area contributed by atoms with E-state index < -0.39 is 23.8 Å². The molecule has 0 aromatic heterocycles. The molecular weight excluding hydrogens is 438 g/mol. The van der Waals surface area contributed by atoms with Gasteiger partial charge in [0.2, 0.25) is 0 Å². The summed E-state index contributed by atoms with van der Waals surface area (Å²) in [7, 11) is 0. The number of aliphatic carboxylic acids is 2. The Morgan fingerprint density at radius 2 is 1.71 bits per heavy atom. The van der Waals surface area contributed by atoms with Crippen molar-refractivity contribution in [3.05, 3.63) is 24.3 Å². The molecule has 0 aliphatic carbocycles. The number of hydrogen-bond donors (Lipinski definition) is 3. The normalized spacial score (nSPS) is 23.1. The predicted octanol–water partition coefficient (Wildman–Crippen LogP) is 3.48. The van der Waals surface area contributed by atoms with E-state index in [0.29, 0.717) is 18.9 Å². The molecule has 34 heavy (non-hydrogen) atoms. The van der Waals surface area contributed by atoms with Gasteiger partial charge >= 0.3 is 23.8 Å². The summed E-state index contributed by atoms with van der Waals surface area (Å²) in [6.07, 6.45) is 9.05. The average molecular weight is 474 g/mol. The molecule has 9 nitrogen and oxygen atoms in total. The first-order chi connectivity index (χ1) is 16.2. The lowest BCUT2D eigenvalue weighted by molar-refractivity contribution is -0.149. The molecule has 0 radical (unpaired) electrons. The van der Waals surface area contributed by atoms with Crippen LogP contribution in [0.15, 0.2) is 24.3 Å². The molecule has 2 heterocycles. The Kier molecular flexibility index (Phi) is 8.66. The van der Waals surface area contributed by atoms with Crippen molar-refractivity contribution in [3.63, 3.8) is 0 Å². The van der Waals surface area contributed by atoms with E-state index in [-0.39, 0.29) is 29.5 Å². The highest BCUT2D eigenvalue weighted by molar-refractivity contribution is 6.39. The summed E-state index contributed by atoms with van der Waals surface area (Å²) in [6, 6.07) is 6.82. The second-order valence-corrected chi connectivity index (χ2v) is 9.41. The molecule has 0 saturated carbocycles. The summed E-state index contributed by atoms with van der Waals surface area (Å²) >= 11 is 0. The third kappa shape index (κ3) is 5.75. The number of fused-ring (bicyclic) bond motifs is 2. The van der Waals surface area contributed by atoms with Crippen LogP contribution >= 0.6 is 0 Å². The zero-order chi connectivity index (χ0) is 24.8. The Morgan fingerprint density at radius 3 is 2.29 bits per heavy atom. The molecule has 1 unspecified atom stereocenters. The Balaban J connectivity index is 1.89. The van der Waals surface area contributed by atoms with Crippen LogP contribution in [-0.4, -0.2) is 63.0 Å². The van der Waals surface area contributed by atoms with Crippen molar-refractivity contribution in [1.82, 2.24) is 4.90 Å². The van der Waals surface area contributed by atoms with E-state index in [0.717, 1.165) is 25.7 Å². The fraction of sp³-hybridized carbons (Fsp3) is 0.600. The molecule has 3 rings (SSSR count). The number of carbonyl (C=O) groups is 4. The molecular formula is C25H35N3O6. The fourth-order valence-electron chi connectivity index (χ4n) is 5.70. The van der Waals surface area contributed by atoms with Crippen LogP contribution in [0.25, 0.3) is 0 Å². The first kappa shape index (κ1) is 25.7. The number of carboxylic acid groups (broad SMARTS) is 2. The molecule has 2 amide bonds. The van der Waals surface area contributed by atoms with Gasteiger partial charge in [0.15, 0.2) is 0 Å². The van der Waals surface area contributed by atoms with Gasteiger partial charge in [0.1, 0.15) is 0 Å². The highest BCUT2D eigenvalue weighted by Crippen LogP contribution is 2.40. The Bertz CT molecular complexity index is 906. The van der Waals surface area contributed by atoms with Gasteiger partial charge in [-0.3, -0.25) is 19.4 Å². The Morgan fingerprint density at radius 1 is 1.06 bits per heavy atom. The first-order valence-electron chi connectivity index (χ1n) is 12.2. The van der Waals surface area contributed by atoms with Crippen LogP contribution in [0.3, 0.4) is 0 Å². The van der Waals surface area contributed by atoms with Crippen molar-refractivity contribution in [3.8, 4) is 0 Å². The topological polar surface area (TPSA) is 127 Å². The van der Waals surface area contributed by atoms with Crippen LogP contribution in [0.2, 0.25) is 0 Å². The van der Waals surface area contributed by atoms with Gasteiger partial charge in [0.25, 0.3) is 0 Å². The maximum atomic E-state index is 12.9. The smallest absolute Gasteiger partial charge is 0.394 e. The van der Waals surface area contributed by atoms with E-state index in [1.54, 1.807) is 18.2 Å². The minimum absolute atomic E-state index is 0.102. The zero-order valence-corrected chi connectivity index (χ0v) is 19.9. The van der Waals surface area contributed by atoms with Crippen LogP contribution in [0.1, 0.15) is 71.6 Å². The van der Waals surface area contributed by atoms with Crippen molar-refractivity contribution in [1.29, 1.82) is 0 Å². The van der Waals surface area contributed by atoms with Crippen LogP contribution in [0.5, 0.6) is 0 Å². The quantitative estimate of drug-likeness (QED) is 0.390. The highest BCUT2D eigenvalue weighted by Gasteiger charge is 2.44. The number of unbranched alkanes of at least 4 members (excludes halogenated alkanes) is 2. The van der Waals surface area contributed by atoms with Gasteiger partial charge < -0.3 is 15.5 Å². The molecule has 2 saturated heterocycles. The van der Waals surface area contributed by atoms with E-state index in [4.69, 9.17) is 5.11 Å². The largest absolute Gasteiger partial charge is 0.474 e. The van der Waals surface area contributed by atoms with Gasteiger partial charge in [-0.2, -0.15) is 0 Å². The molecule has 3 N–H and O–H groups in total. The lowest BCUT2D eigenvalue weighted by Gasteiger charge is -2.53. The fourth-order valence-corrected chi connectivity index (χ4v) is 5.70. The molecule has 0 spiro atoms. The first-order valence-corrected chi connectivity index (χ1v) is 12.2. The number of nitrogens with zero attached hydrogens (tertiary/aromatic N) is 2. The van der Waals surface area contributed by atoms with E-state index in [9.17, 15) is 24.3 Å². The van der Waals surface area contributed by atoms with Crippen LogP contribution in [-0.2, 0) is 19.2 Å². The lowest BCUT2D eigenvalue weighted by Crippen LogP contribution is -2.61. The SMILES string of the molecule is CCCCC[C@@H](C)N1[C@@H]2CCC[C@H]1CC(N(C(=O)C(=O)O)c1ccccc1NC(=O)C(=O)O)C2. The number of hydrogen-bond acceptors (Lipinski definition) is 5. The maximum Gasteiger partial charge on any atom is 0.394 e. The van der Waals surface area contributed by atoms with E-state index in [1.807, 2.05) is 0 Å². The molecule has 2 fully saturated rings. The van der Waals surface area contributed by atoms with Gasteiger partial charge in [0.05, 0.1) is 11.4 Å². The number of nitrogens with one attached hydrogen (secondary N) is 1. The van der Waals surface area contributed by atoms with E-state index >= 15 is 0 Å². The number of anilines is 2. The number of amides is 2. The number of para-hydroxylation sites is 2. The summed E-state index contributed by atoms with van der Waals surface area (Å²) in [5.74, 6) is -5.57. The van der Waals surface area contributed by atoms with Gasteiger partial charge in [0, 0.05) is 24.2 Å². The lowest BCUT2D eigenvalue weighted by atomic mass is 9.79. The summed E-state index contributed by atoms with van der Waals surface area (Å²) in [4.78, 5) is 51.4. The van der Waals surface area contributed by atoms with Crippen molar-refractivity contribution in [2.75, 3.05) is 10.2 Å². The minimum Gasteiger partial charge on any atom is -0.474 e. The number of piperidine rings is 2. The van der Waals surface area contributed by atoms with Crippen molar-refractivity contribution < 1.29 is 29.4 Å². The Labute approximate surface area is 200 Å². The summed E-state index contributed by atoms with van der Waals surface area (Å²) in [5, 5.41) is 20.9. The van der Waals surface area contributed by atoms with Crippen LogP contribution < -0.4 is 10.2 Å². The van der Waals surface area contributed by atoms with Crippen molar-refractivity contribution in [2.24, 2.45) is 0 Å². The standard InChI is InChI=1S/C25H35N3O6/c1-3-4-5-9-16(2)27-17-10-8-11-18(27)15-19(14-17)28(23(30)25(33)34)21-13-7-6-12-20(21)26-22(29)24(31)32/h6-7,12-13,16-19H,3-5,8-11,14-15H2,1-2H3,(H,26,29)(H,31,32)(H,33,34)/t16-,17-,18+,19?/m1/s1. The third-order valence-electron chi connectivity index (χ3n) is 7.11. The second-order valence-electron chi connectivity index (χ2n) is 9.41. The van der Waals surface area contributed by atoms with Gasteiger partial charge in [-0.05, 0) is 51.2 Å². The monoisotopic (exact) mass is 473 g/mol. The zero-order valence-electron chi connectivity index (χ0n) is 19.9. The van der Waals surface area contributed by atoms with Crippen LogP contribution in [0, 0.1) is 0 Å². The molecule has 2 aliphatic heterocycles.